The first-order valence-corrected chi connectivity index (χ1v) is 9.21. The molecule has 0 aliphatic carbocycles. The van der Waals surface area contributed by atoms with Crippen LogP contribution in [0.3, 0.4) is 0 Å². The van der Waals surface area contributed by atoms with Gasteiger partial charge in [0.15, 0.2) is 0 Å². The van der Waals surface area contributed by atoms with E-state index in [0.717, 1.165) is 0 Å². The van der Waals surface area contributed by atoms with Crippen molar-refractivity contribution in [3.8, 4) is 6.07 Å². The Morgan fingerprint density at radius 3 is 2.44 bits per heavy atom. The summed E-state index contributed by atoms with van der Waals surface area (Å²) in [6.45, 7) is 4.14. The normalized spacial score (nSPS) is 11.1. The van der Waals surface area contributed by atoms with Gasteiger partial charge in [-0.1, -0.05) is 19.9 Å². The largest absolute Gasteiger partial charge is 0.322 e. The molecule has 0 radical (unpaired) electrons. The number of nitriles is 1. The van der Waals surface area contributed by atoms with Crippen molar-refractivity contribution >= 4 is 21.6 Å². The molecular formula is C18H19N3O3S. The molecule has 2 aromatic carbocycles. The van der Waals surface area contributed by atoms with Gasteiger partial charge in [0.1, 0.15) is 0 Å². The molecule has 130 valence electrons. The predicted octanol–water partition coefficient (Wildman–Crippen LogP) is 2.74. The number of carbonyl (C=O) groups is 1. The number of nitrogens with zero attached hydrogens (tertiary/aromatic N) is 1. The Bertz CT molecular complexity index is 898. The predicted molar refractivity (Wildman–Crippen MR) is 95.6 cm³/mol. The van der Waals surface area contributed by atoms with Gasteiger partial charge in [-0.3, -0.25) is 4.79 Å². The van der Waals surface area contributed by atoms with Gasteiger partial charge in [-0.15, -0.1) is 0 Å². The maximum atomic E-state index is 12.3. The molecule has 0 unspecified atom stereocenters. The van der Waals surface area contributed by atoms with Crippen molar-refractivity contribution in [3.63, 3.8) is 0 Å². The Balaban J connectivity index is 2.17. The van der Waals surface area contributed by atoms with Crippen LogP contribution in [0, 0.1) is 17.2 Å². The number of rotatable bonds is 6. The average molecular weight is 357 g/mol. The molecule has 2 aromatic rings. The summed E-state index contributed by atoms with van der Waals surface area (Å²) in [7, 11) is -3.66. The van der Waals surface area contributed by atoms with Crippen molar-refractivity contribution < 1.29 is 13.2 Å². The Morgan fingerprint density at radius 1 is 1.16 bits per heavy atom. The first-order chi connectivity index (χ1) is 11.8. The quantitative estimate of drug-likeness (QED) is 0.830. The van der Waals surface area contributed by atoms with Crippen LogP contribution >= 0.6 is 0 Å². The second-order valence-electron chi connectivity index (χ2n) is 5.92. The highest BCUT2D eigenvalue weighted by atomic mass is 32.2. The molecule has 0 bridgehead atoms. The van der Waals surface area contributed by atoms with Crippen LogP contribution in [0.25, 0.3) is 0 Å². The van der Waals surface area contributed by atoms with E-state index in [-0.39, 0.29) is 16.4 Å². The van der Waals surface area contributed by atoms with Crippen molar-refractivity contribution in [3.05, 3.63) is 59.7 Å². The van der Waals surface area contributed by atoms with Crippen LogP contribution in [0.1, 0.15) is 29.8 Å². The van der Waals surface area contributed by atoms with Crippen molar-refractivity contribution in [2.45, 2.75) is 18.7 Å². The molecule has 0 spiro atoms. The van der Waals surface area contributed by atoms with Crippen LogP contribution in [0.5, 0.6) is 0 Å². The Labute approximate surface area is 147 Å². The van der Waals surface area contributed by atoms with Crippen LogP contribution in [0.2, 0.25) is 0 Å². The molecule has 0 aliphatic rings. The number of amides is 1. The maximum Gasteiger partial charge on any atom is 0.255 e. The number of carbonyl (C=O) groups excluding carboxylic acids is 1. The van der Waals surface area contributed by atoms with E-state index in [1.54, 1.807) is 30.3 Å². The lowest BCUT2D eigenvalue weighted by atomic mass is 10.2. The fourth-order valence-corrected chi connectivity index (χ4v) is 3.25. The van der Waals surface area contributed by atoms with Gasteiger partial charge < -0.3 is 5.32 Å². The first kappa shape index (κ1) is 18.6. The molecular weight excluding hydrogens is 338 g/mol. The summed E-state index contributed by atoms with van der Waals surface area (Å²) in [5, 5.41) is 11.4. The molecule has 25 heavy (non-hydrogen) atoms. The van der Waals surface area contributed by atoms with Gasteiger partial charge in [0.25, 0.3) is 5.91 Å². The van der Waals surface area contributed by atoms with E-state index in [1.807, 2.05) is 19.9 Å². The van der Waals surface area contributed by atoms with E-state index in [4.69, 9.17) is 5.26 Å². The number of sulfonamides is 1. The van der Waals surface area contributed by atoms with Crippen molar-refractivity contribution in [2.24, 2.45) is 5.92 Å². The Kier molecular flexibility index (Phi) is 5.91. The van der Waals surface area contributed by atoms with Crippen LogP contribution < -0.4 is 10.0 Å². The smallest absolute Gasteiger partial charge is 0.255 e. The summed E-state index contributed by atoms with van der Waals surface area (Å²) in [6, 6.07) is 14.2. The average Bonchev–Trinajstić information content (AvgIpc) is 2.61. The summed E-state index contributed by atoms with van der Waals surface area (Å²) < 4.78 is 27.0. The molecule has 2 rings (SSSR count). The van der Waals surface area contributed by atoms with Crippen molar-refractivity contribution in [2.75, 3.05) is 11.9 Å². The van der Waals surface area contributed by atoms with Gasteiger partial charge in [-0.2, -0.15) is 5.26 Å². The molecule has 2 N–H and O–H groups in total. The van der Waals surface area contributed by atoms with E-state index >= 15 is 0 Å². The molecule has 0 saturated heterocycles. The summed E-state index contributed by atoms with van der Waals surface area (Å²) in [5.74, 6) is -0.247. The Morgan fingerprint density at radius 2 is 1.84 bits per heavy atom. The zero-order valence-electron chi connectivity index (χ0n) is 14.0. The van der Waals surface area contributed by atoms with E-state index in [0.29, 0.717) is 17.8 Å². The first-order valence-electron chi connectivity index (χ1n) is 7.73. The lowest BCUT2D eigenvalue weighted by Gasteiger charge is -2.10. The summed E-state index contributed by atoms with van der Waals surface area (Å²) >= 11 is 0. The summed E-state index contributed by atoms with van der Waals surface area (Å²) in [5.41, 5.74) is 1.24. The lowest BCUT2D eigenvalue weighted by molar-refractivity contribution is 0.102. The summed E-state index contributed by atoms with van der Waals surface area (Å²) in [6.07, 6.45) is 0. The third kappa shape index (κ3) is 5.14. The number of anilines is 1. The molecule has 7 heteroatoms. The molecule has 0 heterocycles. The third-order valence-corrected chi connectivity index (χ3v) is 4.78. The number of benzene rings is 2. The second kappa shape index (κ2) is 7.92. The van der Waals surface area contributed by atoms with Gasteiger partial charge in [0.05, 0.1) is 16.5 Å². The highest BCUT2D eigenvalue weighted by Crippen LogP contribution is 2.15. The highest BCUT2D eigenvalue weighted by molar-refractivity contribution is 7.89. The van der Waals surface area contributed by atoms with Crippen LogP contribution in [-0.4, -0.2) is 20.9 Å². The molecule has 0 fully saturated rings. The number of nitrogens with one attached hydrogen (secondary N) is 2. The molecule has 0 aliphatic heterocycles. The fourth-order valence-electron chi connectivity index (χ4n) is 2.00. The maximum absolute atomic E-state index is 12.3. The zero-order valence-corrected chi connectivity index (χ0v) is 14.8. The minimum Gasteiger partial charge on any atom is -0.322 e. The van der Waals surface area contributed by atoms with Crippen molar-refractivity contribution in [1.82, 2.24) is 4.72 Å². The molecule has 0 saturated carbocycles. The van der Waals surface area contributed by atoms with Gasteiger partial charge in [0.2, 0.25) is 10.0 Å². The van der Waals surface area contributed by atoms with E-state index < -0.39 is 15.9 Å². The summed E-state index contributed by atoms with van der Waals surface area (Å²) in [4.78, 5) is 12.4. The van der Waals surface area contributed by atoms with E-state index in [9.17, 15) is 13.2 Å². The SMILES string of the molecule is CC(C)CNS(=O)(=O)c1cccc(C(=O)Nc2ccc(C#N)cc2)c1. The van der Waals surface area contributed by atoms with Gasteiger partial charge >= 0.3 is 0 Å². The lowest BCUT2D eigenvalue weighted by Crippen LogP contribution is -2.27. The van der Waals surface area contributed by atoms with Crippen LogP contribution in [0.15, 0.2) is 53.4 Å². The molecule has 0 aromatic heterocycles. The van der Waals surface area contributed by atoms with Gasteiger partial charge in [-0.05, 0) is 48.4 Å². The van der Waals surface area contributed by atoms with E-state index in [1.165, 1.54) is 18.2 Å². The fraction of sp³-hybridized carbons (Fsp3) is 0.222. The number of hydrogen-bond acceptors (Lipinski definition) is 4. The van der Waals surface area contributed by atoms with Crippen LogP contribution in [-0.2, 0) is 10.0 Å². The standard InChI is InChI=1S/C18H19N3O3S/c1-13(2)12-20-25(23,24)17-5-3-4-15(10-17)18(22)21-16-8-6-14(11-19)7-9-16/h3-10,13,20H,12H2,1-2H3,(H,21,22). The molecule has 0 atom stereocenters. The van der Waals surface area contributed by atoms with Crippen molar-refractivity contribution in [1.29, 1.82) is 5.26 Å². The van der Waals surface area contributed by atoms with E-state index in [2.05, 4.69) is 10.0 Å². The minimum atomic E-state index is -3.66. The molecule has 6 nitrogen and oxygen atoms in total. The third-order valence-electron chi connectivity index (χ3n) is 3.36. The Hall–Kier alpha value is -2.69. The topological polar surface area (TPSA) is 99.1 Å². The number of hydrogen-bond donors (Lipinski definition) is 2. The zero-order chi connectivity index (χ0) is 18.4. The van der Waals surface area contributed by atoms with Crippen LogP contribution in [0.4, 0.5) is 5.69 Å². The second-order valence-corrected chi connectivity index (χ2v) is 7.68. The minimum absolute atomic E-state index is 0.0422. The van der Waals surface area contributed by atoms with Gasteiger partial charge in [0, 0.05) is 17.8 Å². The molecule has 1 amide bonds. The highest BCUT2D eigenvalue weighted by Gasteiger charge is 2.16. The van der Waals surface area contributed by atoms with Gasteiger partial charge in [-0.25, -0.2) is 13.1 Å². The monoisotopic (exact) mass is 357 g/mol.